The van der Waals surface area contributed by atoms with E-state index in [1.807, 2.05) is 41.3 Å². The average molecular weight is 414 g/mol. The average Bonchev–Trinajstić information content (AvgIpc) is 3.18. The molecule has 6 heteroatoms. The van der Waals surface area contributed by atoms with Crippen LogP contribution in [0.3, 0.4) is 0 Å². The van der Waals surface area contributed by atoms with E-state index in [2.05, 4.69) is 18.2 Å². The molecular formula is C23H28ClN3O2. The van der Waals surface area contributed by atoms with Gasteiger partial charge in [0.15, 0.2) is 0 Å². The van der Waals surface area contributed by atoms with E-state index in [4.69, 9.17) is 5.73 Å². The Balaban J connectivity index is 0.00000240. The maximum Gasteiger partial charge on any atom is 0.227 e. The topological polar surface area (TPSA) is 66.6 Å². The molecule has 0 saturated carbocycles. The highest BCUT2D eigenvalue weighted by Gasteiger charge is 2.35. The highest BCUT2D eigenvalue weighted by Crippen LogP contribution is 2.33. The van der Waals surface area contributed by atoms with Crippen LogP contribution in [0.2, 0.25) is 0 Å². The molecule has 0 unspecified atom stereocenters. The Morgan fingerprint density at radius 2 is 1.72 bits per heavy atom. The zero-order valence-electron chi connectivity index (χ0n) is 16.5. The van der Waals surface area contributed by atoms with Crippen LogP contribution in [0.15, 0.2) is 54.6 Å². The summed E-state index contributed by atoms with van der Waals surface area (Å²) in [6.07, 6.45) is 1.64. The SMILES string of the molecule is Cl.NC[C@@H]1CN(C(=O)CCN2C(=O)CCc3ccccc32)C[C@H]1c1ccccc1. The quantitative estimate of drug-likeness (QED) is 0.819. The third-order valence-corrected chi connectivity index (χ3v) is 6.07. The summed E-state index contributed by atoms with van der Waals surface area (Å²) in [5, 5.41) is 0. The van der Waals surface area contributed by atoms with Gasteiger partial charge in [0.1, 0.15) is 0 Å². The molecule has 1 fully saturated rings. The Morgan fingerprint density at radius 3 is 2.48 bits per heavy atom. The Kier molecular flexibility index (Phi) is 6.93. The minimum atomic E-state index is 0. The number of likely N-dealkylation sites (tertiary alicyclic amines) is 1. The zero-order chi connectivity index (χ0) is 19.5. The minimum absolute atomic E-state index is 0. The molecule has 2 amide bonds. The number of nitrogens with two attached hydrogens (primary N) is 1. The number of aryl methyl sites for hydroxylation is 1. The lowest BCUT2D eigenvalue weighted by atomic mass is 9.89. The summed E-state index contributed by atoms with van der Waals surface area (Å²) >= 11 is 0. The van der Waals surface area contributed by atoms with Crippen molar-refractivity contribution in [1.82, 2.24) is 4.90 Å². The van der Waals surface area contributed by atoms with Crippen LogP contribution >= 0.6 is 12.4 Å². The van der Waals surface area contributed by atoms with Gasteiger partial charge in [-0.15, -0.1) is 12.4 Å². The molecule has 2 aliphatic heterocycles. The highest BCUT2D eigenvalue weighted by molar-refractivity contribution is 5.97. The van der Waals surface area contributed by atoms with E-state index in [-0.39, 0.29) is 36.1 Å². The molecule has 2 heterocycles. The Hall–Kier alpha value is -2.37. The van der Waals surface area contributed by atoms with Crippen molar-refractivity contribution in [3.63, 3.8) is 0 Å². The number of halogens is 1. The summed E-state index contributed by atoms with van der Waals surface area (Å²) in [5.74, 6) is 0.777. The molecular weight excluding hydrogens is 386 g/mol. The molecule has 154 valence electrons. The van der Waals surface area contributed by atoms with Gasteiger partial charge in [-0.1, -0.05) is 48.5 Å². The van der Waals surface area contributed by atoms with Gasteiger partial charge in [0, 0.05) is 44.1 Å². The third-order valence-electron chi connectivity index (χ3n) is 6.07. The van der Waals surface area contributed by atoms with E-state index in [1.54, 1.807) is 4.90 Å². The third kappa shape index (κ3) is 4.46. The first-order valence-electron chi connectivity index (χ1n) is 10.1. The number of carbonyl (C=O) groups is 2. The molecule has 0 aromatic heterocycles. The van der Waals surface area contributed by atoms with Crippen molar-refractivity contribution >= 4 is 29.9 Å². The summed E-state index contributed by atoms with van der Waals surface area (Å²) < 4.78 is 0. The second kappa shape index (κ2) is 9.42. The van der Waals surface area contributed by atoms with Crippen molar-refractivity contribution in [3.8, 4) is 0 Å². The number of benzene rings is 2. The fraction of sp³-hybridized carbons (Fsp3) is 0.391. The summed E-state index contributed by atoms with van der Waals surface area (Å²) in [7, 11) is 0. The maximum atomic E-state index is 12.9. The highest BCUT2D eigenvalue weighted by atomic mass is 35.5. The van der Waals surface area contributed by atoms with E-state index in [0.29, 0.717) is 39.0 Å². The second-order valence-corrected chi connectivity index (χ2v) is 7.74. The molecule has 0 aliphatic carbocycles. The van der Waals surface area contributed by atoms with Gasteiger partial charge < -0.3 is 15.5 Å². The summed E-state index contributed by atoms with van der Waals surface area (Å²) in [6.45, 7) is 2.41. The number of hydrogen-bond donors (Lipinski definition) is 1. The number of rotatable bonds is 5. The van der Waals surface area contributed by atoms with Crippen LogP contribution in [0.1, 0.15) is 29.9 Å². The Labute approximate surface area is 178 Å². The predicted octanol–water partition coefficient (Wildman–Crippen LogP) is 2.98. The van der Waals surface area contributed by atoms with E-state index < -0.39 is 0 Å². The Bertz CT molecular complexity index is 858. The van der Waals surface area contributed by atoms with Crippen LogP contribution in [0, 0.1) is 5.92 Å². The number of amides is 2. The van der Waals surface area contributed by atoms with Crippen molar-refractivity contribution in [2.24, 2.45) is 11.7 Å². The van der Waals surface area contributed by atoms with Crippen LogP contribution < -0.4 is 10.6 Å². The van der Waals surface area contributed by atoms with Crippen LogP contribution in [0.5, 0.6) is 0 Å². The minimum Gasteiger partial charge on any atom is -0.342 e. The van der Waals surface area contributed by atoms with Crippen LogP contribution in [0.4, 0.5) is 5.69 Å². The standard InChI is InChI=1S/C23H27N3O2.ClH/c24-14-19-15-25(16-20(19)17-6-2-1-3-7-17)22(27)12-13-26-21-9-5-4-8-18(21)10-11-23(26)28;/h1-9,19-20H,10-16,24H2;1H/t19-,20+;/m1./s1. The Morgan fingerprint density at radius 1 is 1.00 bits per heavy atom. The van der Waals surface area contributed by atoms with Gasteiger partial charge in [-0.25, -0.2) is 0 Å². The van der Waals surface area contributed by atoms with Crippen molar-refractivity contribution in [2.45, 2.75) is 25.2 Å². The predicted molar refractivity (Wildman–Crippen MR) is 117 cm³/mol. The first-order chi connectivity index (χ1) is 13.7. The molecule has 0 bridgehead atoms. The first-order valence-corrected chi connectivity index (χ1v) is 10.1. The molecule has 0 spiro atoms. The van der Waals surface area contributed by atoms with Gasteiger partial charge in [-0.2, -0.15) is 0 Å². The molecule has 2 N–H and O–H groups in total. The van der Waals surface area contributed by atoms with Crippen molar-refractivity contribution < 1.29 is 9.59 Å². The molecule has 2 aromatic carbocycles. The number of carbonyl (C=O) groups excluding carboxylic acids is 2. The molecule has 2 atom stereocenters. The fourth-order valence-corrected chi connectivity index (χ4v) is 4.50. The molecule has 1 saturated heterocycles. The number of para-hydroxylation sites is 1. The van der Waals surface area contributed by atoms with Crippen molar-refractivity contribution in [2.75, 3.05) is 31.1 Å². The number of fused-ring (bicyclic) bond motifs is 1. The second-order valence-electron chi connectivity index (χ2n) is 7.74. The van der Waals surface area contributed by atoms with E-state index in [1.165, 1.54) is 11.1 Å². The van der Waals surface area contributed by atoms with Crippen LogP contribution in [-0.2, 0) is 16.0 Å². The molecule has 29 heavy (non-hydrogen) atoms. The largest absolute Gasteiger partial charge is 0.342 e. The monoisotopic (exact) mass is 413 g/mol. The van der Waals surface area contributed by atoms with Gasteiger partial charge in [-0.3, -0.25) is 9.59 Å². The van der Waals surface area contributed by atoms with Crippen molar-refractivity contribution in [3.05, 3.63) is 65.7 Å². The number of anilines is 1. The summed E-state index contributed by atoms with van der Waals surface area (Å²) in [4.78, 5) is 29.0. The number of hydrogen-bond acceptors (Lipinski definition) is 3. The zero-order valence-corrected chi connectivity index (χ0v) is 17.3. The van der Waals surface area contributed by atoms with Gasteiger partial charge in [0.2, 0.25) is 11.8 Å². The van der Waals surface area contributed by atoms with Crippen LogP contribution in [0.25, 0.3) is 0 Å². The first kappa shape index (κ1) is 21.3. The molecule has 2 aliphatic rings. The van der Waals surface area contributed by atoms with E-state index in [9.17, 15) is 9.59 Å². The van der Waals surface area contributed by atoms with Crippen molar-refractivity contribution in [1.29, 1.82) is 0 Å². The number of nitrogens with zero attached hydrogens (tertiary/aromatic N) is 2. The fourth-order valence-electron chi connectivity index (χ4n) is 4.50. The van der Waals surface area contributed by atoms with Crippen LogP contribution in [-0.4, -0.2) is 42.9 Å². The molecule has 5 nitrogen and oxygen atoms in total. The van der Waals surface area contributed by atoms with Gasteiger partial charge in [-0.05, 0) is 36.1 Å². The maximum absolute atomic E-state index is 12.9. The van der Waals surface area contributed by atoms with Gasteiger partial charge in [0.25, 0.3) is 0 Å². The summed E-state index contributed by atoms with van der Waals surface area (Å²) in [6, 6.07) is 18.3. The summed E-state index contributed by atoms with van der Waals surface area (Å²) in [5.41, 5.74) is 9.38. The normalized spacial score (nSPS) is 20.9. The van der Waals surface area contributed by atoms with E-state index >= 15 is 0 Å². The van der Waals surface area contributed by atoms with E-state index in [0.717, 1.165) is 12.1 Å². The molecule has 4 rings (SSSR count). The van der Waals surface area contributed by atoms with Gasteiger partial charge >= 0.3 is 0 Å². The van der Waals surface area contributed by atoms with Gasteiger partial charge in [0.05, 0.1) is 0 Å². The lowest BCUT2D eigenvalue weighted by molar-refractivity contribution is -0.130. The lowest BCUT2D eigenvalue weighted by Gasteiger charge is -2.29. The molecule has 2 aromatic rings. The molecule has 0 radical (unpaired) electrons. The lowest BCUT2D eigenvalue weighted by Crippen LogP contribution is -2.39. The smallest absolute Gasteiger partial charge is 0.227 e.